The molecule has 0 bridgehead atoms. The highest BCUT2D eigenvalue weighted by atomic mass is 35.5. The molecule has 4 heteroatoms. The molecule has 0 saturated heterocycles. The first kappa shape index (κ1) is 16.2. The lowest BCUT2D eigenvalue weighted by Crippen LogP contribution is -2.50. The standard InChI is InChI=1S/C21H20ClNS2/c1-21(2)15-8-7-12(22)9-17(15)23-19-14-10-24-18-6-4-3-5-13(18)20(14)25-11-16(19)21/h3-9,16,19,23H,10-11H2,1-2H3. The summed E-state index contributed by atoms with van der Waals surface area (Å²) in [6.07, 6.45) is 0. The largest absolute Gasteiger partial charge is 0.378 e. The second kappa shape index (κ2) is 5.73. The van der Waals surface area contributed by atoms with Crippen LogP contribution in [-0.4, -0.2) is 17.5 Å². The van der Waals surface area contributed by atoms with Gasteiger partial charge in [-0.3, -0.25) is 0 Å². The molecule has 2 unspecified atom stereocenters. The van der Waals surface area contributed by atoms with Gasteiger partial charge in [0, 0.05) is 43.5 Å². The van der Waals surface area contributed by atoms with Crippen LogP contribution in [0.5, 0.6) is 0 Å². The number of benzene rings is 2. The first-order valence-electron chi connectivity index (χ1n) is 8.70. The summed E-state index contributed by atoms with van der Waals surface area (Å²) in [6, 6.07) is 15.6. The Morgan fingerprint density at radius 2 is 1.96 bits per heavy atom. The number of rotatable bonds is 0. The molecule has 2 aromatic rings. The van der Waals surface area contributed by atoms with E-state index in [4.69, 9.17) is 11.6 Å². The van der Waals surface area contributed by atoms with Crippen molar-refractivity contribution in [2.45, 2.75) is 30.2 Å². The monoisotopic (exact) mass is 385 g/mol. The van der Waals surface area contributed by atoms with Crippen molar-refractivity contribution in [1.82, 2.24) is 0 Å². The molecule has 0 radical (unpaired) electrons. The normalized spacial score (nSPS) is 26.0. The predicted molar refractivity (Wildman–Crippen MR) is 112 cm³/mol. The van der Waals surface area contributed by atoms with Crippen molar-refractivity contribution in [3.8, 4) is 0 Å². The fourth-order valence-electron chi connectivity index (χ4n) is 4.47. The molecular weight excluding hydrogens is 366 g/mol. The minimum absolute atomic E-state index is 0.142. The van der Waals surface area contributed by atoms with E-state index >= 15 is 0 Å². The number of hydrogen-bond acceptors (Lipinski definition) is 3. The van der Waals surface area contributed by atoms with Gasteiger partial charge < -0.3 is 5.32 Å². The summed E-state index contributed by atoms with van der Waals surface area (Å²) in [4.78, 5) is 2.93. The van der Waals surface area contributed by atoms with Gasteiger partial charge in [-0.25, -0.2) is 0 Å². The van der Waals surface area contributed by atoms with Crippen LogP contribution in [0.4, 0.5) is 5.69 Å². The number of fused-ring (bicyclic) bond motifs is 5. The van der Waals surface area contributed by atoms with Crippen molar-refractivity contribution < 1.29 is 0 Å². The second-order valence-corrected chi connectivity index (χ2v) is 10.1. The predicted octanol–water partition coefficient (Wildman–Crippen LogP) is 6.29. The topological polar surface area (TPSA) is 12.0 Å². The first-order valence-corrected chi connectivity index (χ1v) is 11.1. The van der Waals surface area contributed by atoms with Gasteiger partial charge in [0.05, 0.1) is 6.04 Å². The maximum absolute atomic E-state index is 6.29. The van der Waals surface area contributed by atoms with Crippen LogP contribution in [0, 0.1) is 5.92 Å². The molecule has 1 N–H and O–H groups in total. The average Bonchev–Trinajstić information content (AvgIpc) is 2.61. The summed E-state index contributed by atoms with van der Waals surface area (Å²) >= 11 is 10.3. The molecule has 1 nitrogen and oxygen atoms in total. The van der Waals surface area contributed by atoms with Crippen LogP contribution in [-0.2, 0) is 5.41 Å². The lowest BCUT2D eigenvalue weighted by molar-refractivity contribution is 0.314. The van der Waals surface area contributed by atoms with E-state index in [2.05, 4.69) is 67.3 Å². The molecule has 0 aliphatic carbocycles. The summed E-state index contributed by atoms with van der Waals surface area (Å²) < 4.78 is 0. The maximum Gasteiger partial charge on any atom is 0.0540 e. The third-order valence-corrected chi connectivity index (χ3v) is 8.56. The zero-order valence-corrected chi connectivity index (χ0v) is 16.7. The summed E-state index contributed by atoms with van der Waals surface area (Å²) in [5, 5.41) is 4.66. The van der Waals surface area contributed by atoms with E-state index in [1.54, 1.807) is 5.57 Å². The van der Waals surface area contributed by atoms with Crippen molar-refractivity contribution >= 4 is 45.7 Å². The van der Waals surface area contributed by atoms with Crippen molar-refractivity contribution in [2.75, 3.05) is 16.8 Å². The van der Waals surface area contributed by atoms with Gasteiger partial charge in [0.25, 0.3) is 0 Å². The van der Waals surface area contributed by atoms with Gasteiger partial charge in [-0.1, -0.05) is 49.7 Å². The van der Waals surface area contributed by atoms with E-state index < -0.39 is 0 Å². The van der Waals surface area contributed by atoms with Crippen LogP contribution in [0.3, 0.4) is 0 Å². The summed E-state index contributed by atoms with van der Waals surface area (Å²) in [5.74, 6) is 2.83. The van der Waals surface area contributed by atoms with Crippen molar-refractivity contribution in [2.24, 2.45) is 5.92 Å². The van der Waals surface area contributed by atoms with Gasteiger partial charge in [-0.15, -0.1) is 23.5 Å². The summed E-state index contributed by atoms with van der Waals surface area (Å²) in [5.41, 5.74) is 5.74. The highest BCUT2D eigenvalue weighted by Crippen LogP contribution is 2.55. The Labute approximate surface area is 162 Å². The highest BCUT2D eigenvalue weighted by Gasteiger charge is 2.47. The van der Waals surface area contributed by atoms with Crippen molar-refractivity contribution in [1.29, 1.82) is 0 Å². The van der Waals surface area contributed by atoms with Crippen LogP contribution < -0.4 is 5.32 Å². The number of thioether (sulfide) groups is 2. The molecule has 0 spiro atoms. The molecule has 2 atom stereocenters. The molecule has 3 heterocycles. The van der Waals surface area contributed by atoms with Gasteiger partial charge in [0.1, 0.15) is 0 Å². The minimum atomic E-state index is 0.142. The Morgan fingerprint density at radius 1 is 1.12 bits per heavy atom. The second-order valence-electron chi connectivity index (χ2n) is 7.59. The molecule has 0 aromatic heterocycles. The van der Waals surface area contributed by atoms with Gasteiger partial charge in [-0.05, 0) is 34.8 Å². The third kappa shape index (κ3) is 2.39. The Hall–Kier alpha value is -1.03. The molecule has 3 aliphatic rings. The van der Waals surface area contributed by atoms with Crippen LogP contribution in [0.15, 0.2) is 52.9 Å². The van der Waals surface area contributed by atoms with Gasteiger partial charge in [0.2, 0.25) is 0 Å². The minimum Gasteiger partial charge on any atom is -0.378 e. The molecule has 128 valence electrons. The Morgan fingerprint density at radius 3 is 2.84 bits per heavy atom. The number of nitrogens with one attached hydrogen (secondary N) is 1. The van der Waals surface area contributed by atoms with Crippen LogP contribution in [0.25, 0.3) is 4.91 Å². The quantitative estimate of drug-likeness (QED) is 0.572. The molecule has 2 aromatic carbocycles. The van der Waals surface area contributed by atoms with E-state index in [1.165, 1.54) is 26.6 Å². The zero-order valence-electron chi connectivity index (χ0n) is 14.3. The Balaban J connectivity index is 1.65. The van der Waals surface area contributed by atoms with Gasteiger partial charge in [-0.2, -0.15) is 0 Å². The fraction of sp³-hybridized carbons (Fsp3) is 0.333. The Kier molecular flexibility index (Phi) is 3.71. The SMILES string of the molecule is CC1(C)c2ccc(Cl)cc2NC2C3=C(SCC21)c1ccccc1SC3. The zero-order chi connectivity index (χ0) is 17.2. The van der Waals surface area contributed by atoms with Gasteiger partial charge in [0.15, 0.2) is 0 Å². The van der Waals surface area contributed by atoms with Gasteiger partial charge >= 0.3 is 0 Å². The third-order valence-electron chi connectivity index (χ3n) is 5.91. The van der Waals surface area contributed by atoms with E-state index in [-0.39, 0.29) is 5.41 Å². The fourth-order valence-corrected chi connectivity index (χ4v) is 7.60. The smallest absolute Gasteiger partial charge is 0.0540 e. The van der Waals surface area contributed by atoms with Crippen LogP contribution in [0.1, 0.15) is 25.0 Å². The molecule has 25 heavy (non-hydrogen) atoms. The molecular formula is C21H20ClNS2. The van der Waals surface area contributed by atoms with E-state index in [1.807, 2.05) is 17.8 Å². The maximum atomic E-state index is 6.29. The number of hydrogen-bond donors (Lipinski definition) is 1. The van der Waals surface area contributed by atoms with E-state index in [0.29, 0.717) is 12.0 Å². The molecule has 0 amide bonds. The molecule has 0 saturated carbocycles. The lowest BCUT2D eigenvalue weighted by Gasteiger charge is -2.50. The first-order chi connectivity index (χ1) is 12.1. The number of halogens is 1. The number of anilines is 1. The van der Waals surface area contributed by atoms with Crippen LogP contribution in [0.2, 0.25) is 5.02 Å². The lowest BCUT2D eigenvalue weighted by atomic mass is 9.66. The van der Waals surface area contributed by atoms with Crippen molar-refractivity contribution in [3.63, 3.8) is 0 Å². The average molecular weight is 386 g/mol. The summed E-state index contributed by atoms with van der Waals surface area (Å²) in [6.45, 7) is 4.79. The van der Waals surface area contributed by atoms with Crippen LogP contribution >= 0.6 is 35.1 Å². The summed E-state index contributed by atoms with van der Waals surface area (Å²) in [7, 11) is 0. The van der Waals surface area contributed by atoms with E-state index in [9.17, 15) is 0 Å². The Bertz CT molecular complexity index is 903. The molecule has 3 aliphatic heterocycles. The molecule has 5 rings (SSSR count). The highest BCUT2D eigenvalue weighted by molar-refractivity contribution is 8.08. The van der Waals surface area contributed by atoms with E-state index in [0.717, 1.165) is 16.5 Å². The molecule has 0 fully saturated rings. The van der Waals surface area contributed by atoms with Crippen molar-refractivity contribution in [3.05, 3.63) is 64.2 Å².